The highest BCUT2D eigenvalue weighted by Crippen LogP contribution is 2.26. The minimum Gasteiger partial charge on any atom is -0.504 e. The molecule has 3 nitrogen and oxygen atoms in total. The van der Waals surface area contributed by atoms with Crippen LogP contribution in [0.15, 0.2) is 36.4 Å². The molecule has 0 aliphatic heterocycles. The van der Waals surface area contributed by atoms with Crippen LogP contribution >= 0.6 is 11.6 Å². The summed E-state index contributed by atoms with van der Waals surface area (Å²) >= 11 is 5.61. The van der Waals surface area contributed by atoms with Gasteiger partial charge in [-0.3, -0.25) is 0 Å². The number of methoxy groups -OCH3 is 1. The largest absolute Gasteiger partial charge is 0.504 e. The van der Waals surface area contributed by atoms with Crippen LogP contribution in [-0.4, -0.2) is 12.2 Å². The standard InChI is InChI=1S/C14H13ClFNO2/c1-19-14-6-9(2-5-13(14)18)8-17-10-3-4-11(15)12(16)7-10/h2-7,17-18H,8H2,1H3. The molecule has 100 valence electrons. The van der Waals surface area contributed by atoms with Gasteiger partial charge in [0, 0.05) is 12.2 Å². The Morgan fingerprint density at radius 3 is 2.74 bits per heavy atom. The van der Waals surface area contributed by atoms with Crippen molar-refractivity contribution in [1.29, 1.82) is 0 Å². The lowest BCUT2D eigenvalue weighted by atomic mass is 10.2. The average Bonchev–Trinajstić information content (AvgIpc) is 2.41. The van der Waals surface area contributed by atoms with Gasteiger partial charge in [0.1, 0.15) is 5.82 Å². The van der Waals surface area contributed by atoms with E-state index >= 15 is 0 Å². The maximum atomic E-state index is 13.3. The molecule has 0 amide bonds. The first-order valence-electron chi connectivity index (χ1n) is 5.65. The van der Waals surface area contributed by atoms with Gasteiger partial charge in [-0.1, -0.05) is 17.7 Å². The third kappa shape index (κ3) is 3.29. The number of phenolic OH excluding ortho intramolecular Hbond substituents is 1. The molecule has 2 rings (SSSR count). The molecule has 0 saturated heterocycles. The first kappa shape index (κ1) is 13.5. The molecule has 0 heterocycles. The van der Waals surface area contributed by atoms with Gasteiger partial charge < -0.3 is 15.2 Å². The molecule has 0 aliphatic rings. The highest BCUT2D eigenvalue weighted by molar-refractivity contribution is 6.30. The molecule has 0 aliphatic carbocycles. The molecular weight excluding hydrogens is 269 g/mol. The monoisotopic (exact) mass is 281 g/mol. The lowest BCUT2D eigenvalue weighted by Crippen LogP contribution is -2.00. The number of phenols is 1. The second kappa shape index (κ2) is 5.80. The van der Waals surface area contributed by atoms with Gasteiger partial charge in [-0.05, 0) is 35.9 Å². The summed E-state index contributed by atoms with van der Waals surface area (Å²) in [5.41, 5.74) is 1.54. The Morgan fingerprint density at radius 1 is 1.26 bits per heavy atom. The van der Waals surface area contributed by atoms with Crippen molar-refractivity contribution in [3.8, 4) is 11.5 Å². The normalized spacial score (nSPS) is 10.3. The van der Waals surface area contributed by atoms with E-state index in [1.807, 2.05) is 0 Å². The van der Waals surface area contributed by atoms with Gasteiger partial charge in [0.15, 0.2) is 11.5 Å². The Bertz CT molecular complexity index is 590. The summed E-state index contributed by atoms with van der Waals surface area (Å²) in [6, 6.07) is 9.56. The maximum absolute atomic E-state index is 13.3. The molecule has 0 bridgehead atoms. The Morgan fingerprint density at radius 2 is 2.05 bits per heavy atom. The van der Waals surface area contributed by atoms with Crippen LogP contribution in [0.3, 0.4) is 0 Å². The molecule has 2 aromatic rings. The van der Waals surface area contributed by atoms with Crippen molar-refractivity contribution in [2.75, 3.05) is 12.4 Å². The average molecular weight is 282 g/mol. The van der Waals surface area contributed by atoms with Crippen LogP contribution in [0.2, 0.25) is 5.02 Å². The molecule has 2 aromatic carbocycles. The minimum atomic E-state index is -0.463. The lowest BCUT2D eigenvalue weighted by molar-refractivity contribution is 0.373. The van der Waals surface area contributed by atoms with Crippen molar-refractivity contribution >= 4 is 17.3 Å². The summed E-state index contributed by atoms with van der Waals surface area (Å²) in [5, 5.41) is 12.6. The smallest absolute Gasteiger partial charge is 0.160 e. The summed E-state index contributed by atoms with van der Waals surface area (Å²) in [6.45, 7) is 0.484. The van der Waals surface area contributed by atoms with E-state index in [1.165, 1.54) is 19.2 Å². The van der Waals surface area contributed by atoms with E-state index in [0.717, 1.165) is 5.56 Å². The minimum absolute atomic E-state index is 0.0868. The Labute approximate surface area is 115 Å². The fraction of sp³-hybridized carbons (Fsp3) is 0.143. The van der Waals surface area contributed by atoms with E-state index < -0.39 is 5.82 Å². The van der Waals surface area contributed by atoms with E-state index in [9.17, 15) is 9.50 Å². The SMILES string of the molecule is COc1cc(CNc2ccc(Cl)c(F)c2)ccc1O. The molecule has 0 aromatic heterocycles. The van der Waals surface area contributed by atoms with Gasteiger partial charge in [0.05, 0.1) is 12.1 Å². The predicted octanol–water partition coefficient (Wildman–Crippen LogP) is 3.81. The molecule has 0 radical (unpaired) electrons. The second-order valence-corrected chi connectivity index (χ2v) is 4.40. The Hall–Kier alpha value is -1.94. The summed E-state index contributed by atoms with van der Waals surface area (Å²) in [7, 11) is 1.49. The second-order valence-electron chi connectivity index (χ2n) is 3.99. The van der Waals surface area contributed by atoms with Crippen molar-refractivity contribution in [2.45, 2.75) is 6.54 Å². The molecule has 5 heteroatoms. The van der Waals surface area contributed by atoms with Crippen LogP contribution in [0.5, 0.6) is 11.5 Å². The van der Waals surface area contributed by atoms with Crippen LogP contribution < -0.4 is 10.1 Å². The van der Waals surface area contributed by atoms with Crippen LogP contribution in [-0.2, 0) is 6.54 Å². The molecule has 0 atom stereocenters. The Kier molecular flexibility index (Phi) is 4.12. The number of halogens is 2. The summed E-state index contributed by atoms with van der Waals surface area (Å²) in [5.74, 6) is 0.0281. The van der Waals surface area contributed by atoms with Crippen LogP contribution in [0.4, 0.5) is 10.1 Å². The third-order valence-electron chi connectivity index (χ3n) is 2.66. The van der Waals surface area contributed by atoms with E-state index in [4.69, 9.17) is 16.3 Å². The number of benzene rings is 2. The molecule has 0 saturated carbocycles. The molecule has 19 heavy (non-hydrogen) atoms. The third-order valence-corrected chi connectivity index (χ3v) is 2.97. The van der Waals surface area contributed by atoms with Crippen LogP contribution in [0.1, 0.15) is 5.56 Å². The van der Waals surface area contributed by atoms with Gasteiger partial charge in [0.25, 0.3) is 0 Å². The molecule has 0 spiro atoms. The van der Waals surface area contributed by atoms with Crippen molar-refractivity contribution in [3.63, 3.8) is 0 Å². The summed E-state index contributed by atoms with van der Waals surface area (Å²) in [6.07, 6.45) is 0. The van der Waals surface area contributed by atoms with E-state index in [1.54, 1.807) is 24.3 Å². The van der Waals surface area contributed by atoms with Gasteiger partial charge in [-0.25, -0.2) is 4.39 Å². The van der Waals surface area contributed by atoms with Crippen LogP contribution in [0, 0.1) is 5.82 Å². The van der Waals surface area contributed by atoms with Gasteiger partial charge in [-0.15, -0.1) is 0 Å². The molecule has 0 unspecified atom stereocenters. The predicted molar refractivity (Wildman–Crippen MR) is 73.4 cm³/mol. The van der Waals surface area contributed by atoms with Gasteiger partial charge in [-0.2, -0.15) is 0 Å². The highest BCUT2D eigenvalue weighted by Gasteiger charge is 2.04. The van der Waals surface area contributed by atoms with Crippen LogP contribution in [0.25, 0.3) is 0 Å². The lowest BCUT2D eigenvalue weighted by Gasteiger charge is -2.09. The number of aromatic hydroxyl groups is 1. The number of hydrogen-bond donors (Lipinski definition) is 2. The molecule has 0 fully saturated rings. The van der Waals surface area contributed by atoms with E-state index in [-0.39, 0.29) is 10.8 Å². The summed E-state index contributed by atoms with van der Waals surface area (Å²) < 4.78 is 18.3. The number of anilines is 1. The van der Waals surface area contributed by atoms with Gasteiger partial charge in [0.2, 0.25) is 0 Å². The van der Waals surface area contributed by atoms with E-state index in [0.29, 0.717) is 18.0 Å². The molecular formula is C14H13ClFNO2. The zero-order chi connectivity index (χ0) is 13.8. The fourth-order valence-corrected chi connectivity index (χ4v) is 1.76. The first-order valence-corrected chi connectivity index (χ1v) is 6.03. The number of hydrogen-bond acceptors (Lipinski definition) is 3. The van der Waals surface area contributed by atoms with Crippen molar-refractivity contribution in [2.24, 2.45) is 0 Å². The number of nitrogens with one attached hydrogen (secondary N) is 1. The van der Waals surface area contributed by atoms with E-state index in [2.05, 4.69) is 5.32 Å². The quantitative estimate of drug-likeness (QED) is 0.895. The summed E-state index contributed by atoms with van der Waals surface area (Å²) in [4.78, 5) is 0. The fourth-order valence-electron chi connectivity index (χ4n) is 1.64. The van der Waals surface area contributed by atoms with Crippen molar-refractivity contribution in [3.05, 3.63) is 52.8 Å². The number of ether oxygens (including phenoxy) is 1. The zero-order valence-corrected chi connectivity index (χ0v) is 11.0. The van der Waals surface area contributed by atoms with Crippen molar-refractivity contribution < 1.29 is 14.2 Å². The maximum Gasteiger partial charge on any atom is 0.160 e. The topological polar surface area (TPSA) is 41.5 Å². The molecule has 2 N–H and O–H groups in total. The highest BCUT2D eigenvalue weighted by atomic mass is 35.5. The zero-order valence-electron chi connectivity index (χ0n) is 10.3. The first-order chi connectivity index (χ1) is 9.10. The van der Waals surface area contributed by atoms with Gasteiger partial charge >= 0.3 is 0 Å². The number of rotatable bonds is 4. The van der Waals surface area contributed by atoms with Crippen molar-refractivity contribution in [1.82, 2.24) is 0 Å². The Balaban J connectivity index is 2.07.